The minimum absolute atomic E-state index is 0.0318. The van der Waals surface area contributed by atoms with Crippen LogP contribution in [-0.4, -0.2) is 18.5 Å². The molecule has 0 radical (unpaired) electrons. The number of aliphatic imine (C=N–C) groups is 1. The fraction of sp³-hybridized carbons (Fsp3) is 0.500. The van der Waals surface area contributed by atoms with E-state index in [1.165, 1.54) is 18.4 Å². The number of halogens is 1. The molecule has 0 heterocycles. The lowest BCUT2D eigenvalue weighted by molar-refractivity contribution is 0.536. The smallest absolute Gasteiger partial charge is 0.188 e. The molecule has 0 spiro atoms. The first-order chi connectivity index (χ1) is 8.49. The highest BCUT2D eigenvalue weighted by atomic mass is 79.9. The molecule has 0 aromatic heterocycles. The maximum Gasteiger partial charge on any atom is 0.188 e. The lowest BCUT2D eigenvalue weighted by Gasteiger charge is -2.24. The fourth-order valence-electron chi connectivity index (χ4n) is 1.86. The van der Waals surface area contributed by atoms with Crippen LogP contribution in [0.1, 0.15) is 32.3 Å². The summed E-state index contributed by atoms with van der Waals surface area (Å²) in [6.07, 6.45) is 2.42. The van der Waals surface area contributed by atoms with Crippen molar-refractivity contribution in [3.05, 3.63) is 34.3 Å². The number of hydrogen-bond acceptors (Lipinski definition) is 1. The van der Waals surface area contributed by atoms with E-state index < -0.39 is 0 Å². The highest BCUT2D eigenvalue weighted by molar-refractivity contribution is 9.10. The van der Waals surface area contributed by atoms with Gasteiger partial charge in [0.05, 0.1) is 6.54 Å². The van der Waals surface area contributed by atoms with Crippen molar-refractivity contribution < 1.29 is 0 Å². The molecule has 0 unspecified atom stereocenters. The van der Waals surface area contributed by atoms with Crippen molar-refractivity contribution in [2.24, 2.45) is 10.7 Å². The Hall–Kier alpha value is -1.03. The van der Waals surface area contributed by atoms with Gasteiger partial charge in [-0.05, 0) is 24.5 Å². The fourth-order valence-corrected chi connectivity index (χ4v) is 2.68. The Morgan fingerprint density at radius 1 is 1.44 bits per heavy atom. The van der Waals surface area contributed by atoms with E-state index in [9.17, 15) is 0 Å². The zero-order valence-electron chi connectivity index (χ0n) is 10.9. The second-order valence-electron chi connectivity index (χ2n) is 5.48. The largest absolute Gasteiger partial charge is 0.370 e. The van der Waals surface area contributed by atoms with Gasteiger partial charge in [0.1, 0.15) is 0 Å². The summed E-state index contributed by atoms with van der Waals surface area (Å²) in [6, 6.07) is 8.82. The number of hydrogen-bond donors (Lipinski definition) is 2. The molecule has 18 heavy (non-hydrogen) atoms. The number of guanidine groups is 1. The minimum Gasteiger partial charge on any atom is -0.370 e. The second kappa shape index (κ2) is 5.31. The molecular weight excluding hydrogens is 290 g/mol. The Morgan fingerprint density at radius 3 is 2.72 bits per heavy atom. The summed E-state index contributed by atoms with van der Waals surface area (Å²) in [5.41, 5.74) is 7.09. The van der Waals surface area contributed by atoms with Crippen LogP contribution in [0.25, 0.3) is 0 Å². The van der Waals surface area contributed by atoms with Crippen molar-refractivity contribution in [2.75, 3.05) is 6.54 Å². The highest BCUT2D eigenvalue weighted by Crippen LogP contribution is 2.30. The summed E-state index contributed by atoms with van der Waals surface area (Å²) in [4.78, 5) is 4.46. The van der Waals surface area contributed by atoms with E-state index in [-0.39, 0.29) is 5.41 Å². The lowest BCUT2D eigenvalue weighted by atomic mass is 9.85. The first-order valence-corrected chi connectivity index (χ1v) is 7.10. The van der Waals surface area contributed by atoms with E-state index in [1.54, 1.807) is 0 Å². The van der Waals surface area contributed by atoms with Crippen molar-refractivity contribution in [3.8, 4) is 0 Å². The summed E-state index contributed by atoms with van der Waals surface area (Å²) in [7, 11) is 0. The van der Waals surface area contributed by atoms with Gasteiger partial charge < -0.3 is 11.1 Å². The van der Waals surface area contributed by atoms with Gasteiger partial charge in [-0.2, -0.15) is 0 Å². The topological polar surface area (TPSA) is 50.4 Å². The first-order valence-electron chi connectivity index (χ1n) is 6.30. The van der Waals surface area contributed by atoms with Gasteiger partial charge in [-0.3, -0.25) is 4.99 Å². The Kier molecular flexibility index (Phi) is 3.95. The summed E-state index contributed by atoms with van der Waals surface area (Å²) in [6.45, 7) is 5.04. The molecule has 4 heteroatoms. The number of benzene rings is 1. The van der Waals surface area contributed by atoms with Gasteiger partial charge in [-0.25, -0.2) is 0 Å². The zero-order chi connectivity index (χ0) is 13.2. The zero-order valence-corrected chi connectivity index (χ0v) is 12.5. The second-order valence-corrected chi connectivity index (χ2v) is 6.34. The quantitative estimate of drug-likeness (QED) is 0.664. The number of nitrogens with zero attached hydrogens (tertiary/aromatic N) is 1. The molecule has 1 aliphatic rings. The summed E-state index contributed by atoms with van der Waals surface area (Å²) in [5, 5.41) is 3.21. The summed E-state index contributed by atoms with van der Waals surface area (Å²) in [5.74, 6) is 0.567. The van der Waals surface area contributed by atoms with Crippen LogP contribution in [0.5, 0.6) is 0 Å². The number of nitrogens with two attached hydrogens (primary N) is 1. The van der Waals surface area contributed by atoms with Crippen LogP contribution in [0.2, 0.25) is 0 Å². The molecule has 1 aromatic carbocycles. The third-order valence-corrected chi connectivity index (χ3v) is 3.87. The molecule has 1 aliphatic carbocycles. The molecule has 0 aliphatic heterocycles. The lowest BCUT2D eigenvalue weighted by Crippen LogP contribution is -2.35. The molecule has 3 N–H and O–H groups in total. The van der Waals surface area contributed by atoms with Gasteiger partial charge >= 0.3 is 0 Å². The molecular formula is C14H20BrN3. The van der Waals surface area contributed by atoms with E-state index in [4.69, 9.17) is 5.73 Å². The summed E-state index contributed by atoms with van der Waals surface area (Å²) >= 11 is 3.59. The molecule has 1 saturated carbocycles. The van der Waals surface area contributed by atoms with Gasteiger partial charge in [-0.1, -0.05) is 48.0 Å². The van der Waals surface area contributed by atoms with E-state index in [2.05, 4.69) is 58.3 Å². The SMILES string of the molecule is CC(C)(CN=C(N)NC1CC1)c1ccccc1Br. The molecule has 0 atom stereocenters. The van der Waals surface area contributed by atoms with Crippen LogP contribution in [0.15, 0.2) is 33.7 Å². The Balaban J connectivity index is 2.04. The van der Waals surface area contributed by atoms with Crippen molar-refractivity contribution in [2.45, 2.75) is 38.1 Å². The van der Waals surface area contributed by atoms with E-state index in [1.807, 2.05) is 6.07 Å². The van der Waals surface area contributed by atoms with Crippen LogP contribution in [0, 0.1) is 0 Å². The third-order valence-electron chi connectivity index (χ3n) is 3.18. The van der Waals surface area contributed by atoms with Crippen LogP contribution >= 0.6 is 15.9 Å². The molecule has 0 bridgehead atoms. The molecule has 0 amide bonds. The van der Waals surface area contributed by atoms with Crippen molar-refractivity contribution in [1.82, 2.24) is 5.32 Å². The predicted molar refractivity (Wildman–Crippen MR) is 79.8 cm³/mol. The monoisotopic (exact) mass is 309 g/mol. The van der Waals surface area contributed by atoms with Crippen LogP contribution in [0.3, 0.4) is 0 Å². The maximum atomic E-state index is 5.87. The highest BCUT2D eigenvalue weighted by Gasteiger charge is 2.24. The average molecular weight is 310 g/mol. The number of nitrogens with one attached hydrogen (secondary N) is 1. The maximum absolute atomic E-state index is 5.87. The van der Waals surface area contributed by atoms with Gasteiger partial charge in [0.15, 0.2) is 5.96 Å². The molecule has 1 aromatic rings. The third kappa shape index (κ3) is 3.48. The van der Waals surface area contributed by atoms with Crippen LogP contribution in [-0.2, 0) is 5.41 Å². The molecule has 3 nitrogen and oxygen atoms in total. The Bertz CT molecular complexity index is 450. The Morgan fingerprint density at radius 2 is 2.11 bits per heavy atom. The van der Waals surface area contributed by atoms with Crippen molar-refractivity contribution >= 4 is 21.9 Å². The van der Waals surface area contributed by atoms with E-state index in [0.717, 1.165) is 4.47 Å². The predicted octanol–water partition coefficient (Wildman–Crippen LogP) is 2.79. The standard InChI is InChI=1S/C14H20BrN3/c1-14(2,11-5-3-4-6-12(11)15)9-17-13(16)18-10-7-8-10/h3-6,10H,7-9H2,1-2H3,(H3,16,17,18). The molecule has 0 saturated heterocycles. The van der Waals surface area contributed by atoms with Gasteiger partial charge in [0, 0.05) is 15.9 Å². The Labute approximate surface area is 117 Å². The van der Waals surface area contributed by atoms with Crippen LogP contribution < -0.4 is 11.1 Å². The molecule has 98 valence electrons. The van der Waals surface area contributed by atoms with Gasteiger partial charge in [0.25, 0.3) is 0 Å². The first kappa shape index (κ1) is 13.4. The number of rotatable bonds is 4. The van der Waals surface area contributed by atoms with E-state index >= 15 is 0 Å². The summed E-state index contributed by atoms with van der Waals surface area (Å²) < 4.78 is 1.12. The van der Waals surface area contributed by atoms with Crippen LogP contribution in [0.4, 0.5) is 0 Å². The van der Waals surface area contributed by atoms with Crippen molar-refractivity contribution in [1.29, 1.82) is 0 Å². The average Bonchev–Trinajstić information content (AvgIpc) is 3.11. The normalized spacial score (nSPS) is 16.7. The van der Waals surface area contributed by atoms with Gasteiger partial charge in [0.2, 0.25) is 0 Å². The molecule has 1 fully saturated rings. The minimum atomic E-state index is -0.0318. The van der Waals surface area contributed by atoms with Crippen molar-refractivity contribution in [3.63, 3.8) is 0 Å². The van der Waals surface area contributed by atoms with Gasteiger partial charge in [-0.15, -0.1) is 0 Å². The van der Waals surface area contributed by atoms with E-state index in [0.29, 0.717) is 18.5 Å². The molecule has 2 rings (SSSR count).